The van der Waals surface area contributed by atoms with Crippen molar-refractivity contribution in [1.29, 1.82) is 0 Å². The molecule has 6 amide bonds. The van der Waals surface area contributed by atoms with Crippen molar-refractivity contribution in [3.63, 3.8) is 0 Å². The van der Waals surface area contributed by atoms with Gasteiger partial charge in [-0.25, -0.2) is 9.55 Å². The number of hydrogen-bond donors (Lipinski definition) is 9. The maximum Gasteiger partial charge on any atom is 0.469 e. The molecule has 10 N–H and O–H groups in total. The number of likely N-dealkylation sites (tertiary alicyclic amines) is 1. The van der Waals surface area contributed by atoms with Gasteiger partial charge in [0.1, 0.15) is 36.8 Å². The second-order valence-corrected chi connectivity index (χ2v) is 17.2. The van der Waals surface area contributed by atoms with Crippen molar-refractivity contribution in [1.82, 2.24) is 45.9 Å². The standard InChI is InChI=1S/C41H60N11O12P/c1-25(2)18-31(47-41(59)35-14-11-16-52(35)27(4)54)38(56)46-32(39(57)48-34(23-53)40(58)49-36(37(42)55)26(3)64-65(60,61)62)19-29-20-43-24-51(29)15-9-6-10-17-63-45-22-33-30(21-44-50-33)28-12-7-5-8-13-28/h5,7-8,12-13,20-22,24-26,31-32,34-36,53H,6,9-11,14-19,23H2,1-4H3,(H2,42,55)(H,44,50)(H,46,56)(H,47,59)(H,48,57)(H,49,58)(H2,60,61,62)/b45-22+/t26-,31+,32+,34+,35+,36+/m1/s1. The summed E-state index contributed by atoms with van der Waals surface area (Å²) in [7, 11) is -5.13. The highest BCUT2D eigenvalue weighted by Gasteiger charge is 2.37. The molecule has 3 aromatic rings. The van der Waals surface area contributed by atoms with Gasteiger partial charge in [-0.15, -0.1) is 0 Å². The Morgan fingerprint density at radius 3 is 2.32 bits per heavy atom. The lowest BCUT2D eigenvalue weighted by atomic mass is 10.0. The van der Waals surface area contributed by atoms with Gasteiger partial charge in [-0.2, -0.15) is 5.10 Å². The van der Waals surface area contributed by atoms with E-state index in [2.05, 4.69) is 46.1 Å². The highest BCUT2D eigenvalue weighted by Crippen LogP contribution is 2.38. The van der Waals surface area contributed by atoms with E-state index < -0.39 is 80.3 Å². The summed E-state index contributed by atoms with van der Waals surface area (Å²) in [5, 5.41) is 31.2. The third-order valence-electron chi connectivity index (χ3n) is 10.5. The number of imidazole rings is 1. The van der Waals surface area contributed by atoms with E-state index in [-0.39, 0.29) is 24.7 Å². The van der Waals surface area contributed by atoms with E-state index in [1.54, 1.807) is 23.3 Å². The maximum absolute atomic E-state index is 14.0. The van der Waals surface area contributed by atoms with Crippen LogP contribution in [0, 0.1) is 5.92 Å². The van der Waals surface area contributed by atoms with Crippen LogP contribution >= 0.6 is 7.82 Å². The van der Waals surface area contributed by atoms with Crippen LogP contribution < -0.4 is 27.0 Å². The van der Waals surface area contributed by atoms with Crippen molar-refractivity contribution in [2.75, 3.05) is 19.8 Å². The Hall–Kier alpha value is -6.00. The third kappa shape index (κ3) is 16.2. The Labute approximate surface area is 375 Å². The van der Waals surface area contributed by atoms with Gasteiger partial charge in [0.2, 0.25) is 35.4 Å². The molecule has 65 heavy (non-hydrogen) atoms. The zero-order valence-corrected chi connectivity index (χ0v) is 37.7. The van der Waals surface area contributed by atoms with Gasteiger partial charge < -0.3 is 56.2 Å². The molecule has 1 fully saturated rings. The molecule has 24 heteroatoms. The molecular weight excluding hydrogens is 869 g/mol. The van der Waals surface area contributed by atoms with Gasteiger partial charge in [-0.05, 0) is 56.9 Å². The van der Waals surface area contributed by atoms with E-state index in [4.69, 9.17) is 10.6 Å². The number of carbonyl (C=O) groups excluding carboxylic acids is 6. The third-order valence-corrected chi connectivity index (χ3v) is 11.1. The summed E-state index contributed by atoms with van der Waals surface area (Å²) >= 11 is 0. The predicted octanol–water partition coefficient (Wildman–Crippen LogP) is 0.00830. The number of phosphoric ester groups is 1. The smallest absolute Gasteiger partial charge is 0.396 e. The first-order chi connectivity index (χ1) is 30.9. The lowest BCUT2D eigenvalue weighted by Crippen LogP contribution is -2.61. The second-order valence-electron chi connectivity index (χ2n) is 16.0. The first-order valence-electron chi connectivity index (χ1n) is 21.2. The van der Waals surface area contributed by atoms with Crippen LogP contribution in [0.4, 0.5) is 0 Å². The number of nitrogens with one attached hydrogen (secondary N) is 5. The van der Waals surface area contributed by atoms with Crippen LogP contribution in [0.15, 0.2) is 54.2 Å². The highest BCUT2D eigenvalue weighted by molar-refractivity contribution is 7.46. The second kappa shape index (κ2) is 24.9. The normalized spacial score (nSPS) is 16.4. The number of nitrogens with zero attached hydrogens (tertiary/aromatic N) is 5. The van der Waals surface area contributed by atoms with Crippen LogP contribution in [0.1, 0.15) is 77.6 Å². The first-order valence-corrected chi connectivity index (χ1v) is 22.8. The van der Waals surface area contributed by atoms with Crippen molar-refractivity contribution in [2.24, 2.45) is 16.8 Å². The largest absolute Gasteiger partial charge is 0.469 e. The number of aryl methyl sites for hydroxylation is 1. The minimum absolute atomic E-state index is 0.106. The Kier molecular flexibility index (Phi) is 19.8. The van der Waals surface area contributed by atoms with E-state index in [1.807, 2.05) is 44.2 Å². The zero-order chi connectivity index (χ0) is 47.7. The van der Waals surface area contributed by atoms with Gasteiger partial charge in [0, 0.05) is 43.9 Å². The van der Waals surface area contributed by atoms with Crippen molar-refractivity contribution in [3.05, 3.63) is 60.4 Å². The summed E-state index contributed by atoms with van der Waals surface area (Å²) in [5.74, 6) is -4.99. The minimum Gasteiger partial charge on any atom is -0.396 e. The maximum atomic E-state index is 14.0. The number of nitrogens with two attached hydrogens (primary N) is 1. The molecule has 1 aliphatic heterocycles. The fraction of sp³-hybridized carbons (Fsp3) is 0.537. The average molecular weight is 930 g/mol. The molecular formula is C41H60N11O12P. The van der Waals surface area contributed by atoms with Crippen LogP contribution in [-0.2, 0) is 55.7 Å². The number of aliphatic hydroxyl groups excluding tert-OH is 1. The predicted molar refractivity (Wildman–Crippen MR) is 234 cm³/mol. The lowest BCUT2D eigenvalue weighted by molar-refractivity contribution is -0.139. The molecule has 0 unspecified atom stereocenters. The molecule has 0 radical (unpaired) electrons. The molecule has 6 atom stereocenters. The minimum atomic E-state index is -5.13. The summed E-state index contributed by atoms with van der Waals surface area (Å²) in [4.78, 5) is 109. The van der Waals surface area contributed by atoms with Crippen molar-refractivity contribution in [3.8, 4) is 11.1 Å². The number of oxime groups is 1. The van der Waals surface area contributed by atoms with Crippen LogP contribution in [0.3, 0.4) is 0 Å². The van der Waals surface area contributed by atoms with Crippen LogP contribution in [0.2, 0.25) is 0 Å². The molecule has 4 rings (SSSR count). The quantitative estimate of drug-likeness (QED) is 0.0222. The van der Waals surface area contributed by atoms with Gasteiger partial charge in [-0.1, -0.05) is 49.3 Å². The van der Waals surface area contributed by atoms with Crippen LogP contribution in [0.25, 0.3) is 11.1 Å². The van der Waals surface area contributed by atoms with Gasteiger partial charge >= 0.3 is 7.82 Å². The van der Waals surface area contributed by atoms with Crippen LogP contribution in [0.5, 0.6) is 0 Å². The Bertz CT molecular complexity index is 2140. The molecule has 2 aromatic heterocycles. The van der Waals surface area contributed by atoms with E-state index in [0.717, 1.165) is 24.5 Å². The zero-order valence-electron chi connectivity index (χ0n) is 36.8. The monoisotopic (exact) mass is 929 g/mol. The molecule has 0 bridgehead atoms. The molecule has 1 aromatic carbocycles. The van der Waals surface area contributed by atoms with Crippen molar-refractivity contribution in [2.45, 2.75) is 115 Å². The van der Waals surface area contributed by atoms with Gasteiger partial charge in [0.15, 0.2) is 0 Å². The molecule has 0 aliphatic carbocycles. The van der Waals surface area contributed by atoms with Gasteiger partial charge in [0.05, 0.1) is 37.1 Å². The van der Waals surface area contributed by atoms with E-state index in [0.29, 0.717) is 56.8 Å². The number of unbranched alkanes of at least 4 members (excludes halogenated alkanes) is 2. The summed E-state index contributed by atoms with van der Waals surface area (Å²) in [6.45, 7) is 6.29. The summed E-state index contributed by atoms with van der Waals surface area (Å²) in [5.41, 5.74) is 8.42. The molecule has 23 nitrogen and oxygen atoms in total. The Morgan fingerprint density at radius 2 is 1.66 bits per heavy atom. The fourth-order valence-corrected chi connectivity index (χ4v) is 7.78. The van der Waals surface area contributed by atoms with Crippen LogP contribution in [-0.4, -0.2) is 137 Å². The number of aromatic nitrogens is 4. The molecule has 356 valence electrons. The number of benzene rings is 1. The molecule has 0 spiro atoms. The SMILES string of the molecule is CC(=O)N1CCC[C@H]1C(=O)N[C@@H](CC(C)C)C(=O)N[C@@H](Cc1cncn1CCCCCO/N=C/c1[nH]ncc1-c1ccccc1)C(=O)N[C@@H](CO)C(=O)N[C@H](C(N)=O)[C@@H](C)OP(=O)(O)O. The fourth-order valence-electron chi connectivity index (χ4n) is 7.23. The number of phosphoric acid groups is 1. The number of primary amides is 1. The van der Waals surface area contributed by atoms with Gasteiger partial charge in [-0.3, -0.25) is 38.4 Å². The molecule has 1 aliphatic rings. The number of carbonyl (C=O) groups is 6. The molecule has 1 saturated heterocycles. The van der Waals surface area contributed by atoms with Crippen molar-refractivity contribution >= 4 is 49.5 Å². The summed E-state index contributed by atoms with van der Waals surface area (Å²) in [6, 6.07) is 2.82. The average Bonchev–Trinajstić information content (AvgIpc) is 4.03. The lowest BCUT2D eigenvalue weighted by Gasteiger charge is -2.28. The summed E-state index contributed by atoms with van der Waals surface area (Å²) < 4.78 is 17.7. The van der Waals surface area contributed by atoms with Crippen molar-refractivity contribution < 1.29 is 57.6 Å². The molecule has 3 heterocycles. The number of aromatic amines is 1. The topological polar surface area (TPSA) is 335 Å². The Balaban J connectivity index is 1.45. The number of rotatable bonds is 26. The van der Waals surface area contributed by atoms with E-state index in [1.165, 1.54) is 18.0 Å². The summed E-state index contributed by atoms with van der Waals surface area (Å²) in [6.07, 6.45) is 7.77. The number of H-pyrrole nitrogens is 1. The number of hydrogen-bond acceptors (Lipinski definition) is 13. The number of amides is 6. The van der Waals surface area contributed by atoms with E-state index >= 15 is 0 Å². The highest BCUT2D eigenvalue weighted by atomic mass is 31.2. The first kappa shape index (κ1) is 51.6. The Morgan fingerprint density at radius 1 is 0.969 bits per heavy atom. The van der Waals surface area contributed by atoms with Gasteiger partial charge in [0.25, 0.3) is 0 Å². The number of aliphatic hydroxyl groups is 1. The van der Waals surface area contributed by atoms with E-state index in [9.17, 15) is 48.2 Å². The molecule has 0 saturated carbocycles.